The second-order valence-electron chi connectivity index (χ2n) is 6.93. The number of hydrogen-bond donors (Lipinski definition) is 1. The Hall–Kier alpha value is -3.58. The number of benzene rings is 3. The highest BCUT2D eigenvalue weighted by Crippen LogP contribution is 2.25. The Bertz CT molecular complexity index is 1410. The van der Waals surface area contributed by atoms with Crippen molar-refractivity contribution >= 4 is 43.9 Å². The molecule has 6 nitrogen and oxygen atoms in total. The highest BCUT2D eigenvalue weighted by Gasteiger charge is 2.14. The molecule has 0 aliphatic heterocycles. The topological polar surface area (TPSA) is 72.2 Å². The molecule has 0 spiro atoms. The maximum atomic E-state index is 12.4. The normalized spacial score (nSPS) is 11.1. The lowest BCUT2D eigenvalue weighted by Gasteiger charge is -2.07. The molecule has 2 heterocycles. The Morgan fingerprint density at radius 2 is 1.70 bits per heavy atom. The van der Waals surface area contributed by atoms with Crippen molar-refractivity contribution < 1.29 is 4.79 Å². The summed E-state index contributed by atoms with van der Waals surface area (Å²) >= 11 is 3.39. The van der Waals surface area contributed by atoms with Gasteiger partial charge in [0.25, 0.3) is 5.91 Å². The van der Waals surface area contributed by atoms with E-state index in [0.717, 1.165) is 32.1 Å². The second kappa shape index (κ2) is 7.35. The average Bonchev–Trinajstić information content (AvgIpc) is 3.18. The lowest BCUT2D eigenvalue weighted by molar-refractivity contribution is 0.102. The maximum absolute atomic E-state index is 12.4. The van der Waals surface area contributed by atoms with E-state index in [1.807, 2.05) is 67.6 Å². The Morgan fingerprint density at radius 1 is 0.933 bits per heavy atom. The largest absolute Gasteiger partial charge is 0.322 e. The molecule has 0 bridgehead atoms. The molecule has 0 unspecified atom stereocenters. The van der Waals surface area contributed by atoms with Crippen molar-refractivity contribution in [3.8, 4) is 11.4 Å². The van der Waals surface area contributed by atoms with Gasteiger partial charge in [-0.2, -0.15) is 9.61 Å². The number of anilines is 1. The Morgan fingerprint density at radius 3 is 2.47 bits per heavy atom. The number of fused-ring (bicyclic) bond motifs is 3. The van der Waals surface area contributed by atoms with Gasteiger partial charge in [-0.1, -0.05) is 46.3 Å². The van der Waals surface area contributed by atoms with Crippen molar-refractivity contribution in [1.29, 1.82) is 0 Å². The van der Waals surface area contributed by atoms with Crippen LogP contribution in [0.5, 0.6) is 0 Å². The fourth-order valence-corrected chi connectivity index (χ4v) is 3.85. The van der Waals surface area contributed by atoms with Gasteiger partial charge in [0.05, 0.1) is 5.69 Å². The van der Waals surface area contributed by atoms with E-state index >= 15 is 0 Å². The molecule has 0 aliphatic carbocycles. The summed E-state index contributed by atoms with van der Waals surface area (Å²) < 4.78 is 2.63. The second-order valence-corrected chi connectivity index (χ2v) is 7.85. The number of hydrogen-bond acceptors (Lipinski definition) is 4. The molecule has 0 fully saturated rings. The van der Waals surface area contributed by atoms with E-state index in [1.54, 1.807) is 16.6 Å². The van der Waals surface area contributed by atoms with E-state index in [9.17, 15) is 4.79 Å². The molecule has 7 heteroatoms. The van der Waals surface area contributed by atoms with Gasteiger partial charge < -0.3 is 5.32 Å². The van der Waals surface area contributed by atoms with Crippen LogP contribution in [0.2, 0.25) is 0 Å². The zero-order chi connectivity index (χ0) is 20.7. The van der Waals surface area contributed by atoms with Crippen molar-refractivity contribution in [2.45, 2.75) is 6.92 Å². The minimum absolute atomic E-state index is 0.166. The summed E-state index contributed by atoms with van der Waals surface area (Å²) in [6.07, 6.45) is 0. The molecule has 5 rings (SSSR count). The van der Waals surface area contributed by atoms with Crippen LogP contribution < -0.4 is 5.32 Å². The number of halogens is 1. The number of carbonyl (C=O) groups excluding carboxylic acids is 1. The number of aryl methyl sites for hydroxylation is 1. The monoisotopic (exact) mass is 457 g/mol. The Kier molecular flexibility index (Phi) is 4.52. The lowest BCUT2D eigenvalue weighted by atomic mass is 10.1. The first kappa shape index (κ1) is 18.4. The van der Waals surface area contributed by atoms with Crippen molar-refractivity contribution in [3.05, 3.63) is 88.5 Å². The minimum atomic E-state index is -0.166. The van der Waals surface area contributed by atoms with Crippen LogP contribution in [-0.4, -0.2) is 25.7 Å². The third-order valence-corrected chi connectivity index (χ3v) is 5.43. The number of aromatic nitrogens is 4. The lowest BCUT2D eigenvalue weighted by Crippen LogP contribution is -2.11. The van der Waals surface area contributed by atoms with Crippen LogP contribution in [0.25, 0.3) is 27.8 Å². The van der Waals surface area contributed by atoms with Crippen molar-refractivity contribution in [3.63, 3.8) is 0 Å². The molecule has 0 radical (unpaired) electrons. The van der Waals surface area contributed by atoms with Crippen LogP contribution in [0.1, 0.15) is 16.1 Å². The van der Waals surface area contributed by atoms with Crippen LogP contribution in [0.3, 0.4) is 0 Å². The number of rotatable bonds is 3. The van der Waals surface area contributed by atoms with Crippen LogP contribution in [-0.2, 0) is 0 Å². The SMILES string of the molecule is Cc1nn2c(-c3ccc(NC(=O)c4cccc(Br)c4)cc3)nnc2c2ccccc12. The quantitative estimate of drug-likeness (QED) is 0.400. The molecular formula is C23H16BrN5O. The van der Waals surface area contributed by atoms with Crippen molar-refractivity contribution in [1.82, 2.24) is 19.8 Å². The molecule has 1 amide bonds. The first-order chi connectivity index (χ1) is 14.6. The number of nitrogens with zero attached hydrogens (tertiary/aromatic N) is 4. The number of carbonyl (C=O) groups is 1. The zero-order valence-corrected chi connectivity index (χ0v) is 17.6. The van der Waals surface area contributed by atoms with E-state index in [2.05, 4.69) is 36.5 Å². The summed E-state index contributed by atoms with van der Waals surface area (Å²) in [6, 6.07) is 22.8. The Labute approximate surface area is 180 Å². The highest BCUT2D eigenvalue weighted by atomic mass is 79.9. The summed E-state index contributed by atoms with van der Waals surface area (Å²) in [7, 11) is 0. The average molecular weight is 458 g/mol. The first-order valence-electron chi connectivity index (χ1n) is 9.38. The van der Waals surface area contributed by atoms with E-state index in [0.29, 0.717) is 17.1 Å². The number of amides is 1. The van der Waals surface area contributed by atoms with Gasteiger partial charge in [-0.15, -0.1) is 10.2 Å². The van der Waals surface area contributed by atoms with Gasteiger partial charge in [0.1, 0.15) is 0 Å². The molecule has 1 N–H and O–H groups in total. The molecule has 0 saturated carbocycles. The Balaban J connectivity index is 1.47. The molecule has 0 aliphatic rings. The van der Waals surface area contributed by atoms with Crippen LogP contribution in [0.4, 0.5) is 5.69 Å². The molecular weight excluding hydrogens is 442 g/mol. The molecule has 0 saturated heterocycles. The molecule has 0 atom stereocenters. The predicted octanol–water partition coefficient (Wildman–Crippen LogP) is 5.27. The van der Waals surface area contributed by atoms with Gasteiger partial charge in [0.15, 0.2) is 11.5 Å². The highest BCUT2D eigenvalue weighted by molar-refractivity contribution is 9.10. The summed E-state index contributed by atoms with van der Waals surface area (Å²) in [5.74, 6) is 0.490. The summed E-state index contributed by atoms with van der Waals surface area (Å²) in [5.41, 5.74) is 3.79. The van der Waals surface area contributed by atoms with E-state index < -0.39 is 0 Å². The summed E-state index contributed by atoms with van der Waals surface area (Å²) in [6.45, 7) is 1.98. The minimum Gasteiger partial charge on any atom is -0.322 e. The maximum Gasteiger partial charge on any atom is 0.255 e. The van der Waals surface area contributed by atoms with Gasteiger partial charge in [0, 0.05) is 32.1 Å². The van der Waals surface area contributed by atoms with E-state index in [-0.39, 0.29) is 5.91 Å². The predicted molar refractivity (Wildman–Crippen MR) is 121 cm³/mol. The van der Waals surface area contributed by atoms with Gasteiger partial charge in [0.2, 0.25) is 0 Å². The van der Waals surface area contributed by atoms with Crippen molar-refractivity contribution in [2.24, 2.45) is 0 Å². The summed E-state index contributed by atoms with van der Waals surface area (Å²) in [5, 5.41) is 18.4. The van der Waals surface area contributed by atoms with Crippen LogP contribution in [0, 0.1) is 6.92 Å². The molecule has 3 aromatic carbocycles. The number of nitrogens with one attached hydrogen (secondary N) is 1. The molecule has 30 heavy (non-hydrogen) atoms. The molecule has 2 aromatic heterocycles. The smallest absolute Gasteiger partial charge is 0.255 e. The summed E-state index contributed by atoms with van der Waals surface area (Å²) in [4.78, 5) is 12.4. The van der Waals surface area contributed by atoms with Gasteiger partial charge >= 0.3 is 0 Å². The van der Waals surface area contributed by atoms with Crippen LogP contribution in [0.15, 0.2) is 77.3 Å². The fourth-order valence-electron chi connectivity index (χ4n) is 3.46. The molecule has 5 aromatic rings. The fraction of sp³-hybridized carbons (Fsp3) is 0.0435. The molecule has 146 valence electrons. The van der Waals surface area contributed by atoms with E-state index in [4.69, 9.17) is 0 Å². The van der Waals surface area contributed by atoms with Crippen LogP contribution >= 0.6 is 15.9 Å². The van der Waals surface area contributed by atoms with Gasteiger partial charge in [-0.05, 0) is 49.4 Å². The van der Waals surface area contributed by atoms with Gasteiger partial charge in [-0.3, -0.25) is 4.79 Å². The van der Waals surface area contributed by atoms with Gasteiger partial charge in [-0.25, -0.2) is 0 Å². The standard InChI is InChI=1S/C23H16BrN5O/c1-14-19-7-2-3-8-20(19)22-27-26-21(29(22)28-14)15-9-11-18(12-10-15)25-23(30)16-5-4-6-17(24)13-16/h2-13H,1H3,(H,25,30). The zero-order valence-electron chi connectivity index (χ0n) is 16.0. The third kappa shape index (κ3) is 3.23. The van der Waals surface area contributed by atoms with Crippen molar-refractivity contribution in [2.75, 3.05) is 5.32 Å². The first-order valence-corrected chi connectivity index (χ1v) is 10.2. The third-order valence-electron chi connectivity index (χ3n) is 4.94. The van der Waals surface area contributed by atoms with E-state index in [1.165, 1.54) is 0 Å².